The summed E-state index contributed by atoms with van der Waals surface area (Å²) in [5.74, 6) is -0.994. The van der Waals surface area contributed by atoms with Gasteiger partial charge >= 0.3 is 21.9 Å². The number of rotatable bonds is 7. The van der Waals surface area contributed by atoms with Crippen LogP contribution in [0, 0.1) is 5.41 Å². The molecule has 1 saturated carbocycles. The zero-order chi connectivity index (χ0) is 29.1. The minimum absolute atomic E-state index is 0.0407. The Morgan fingerprint density at radius 1 is 0.923 bits per heavy atom. The van der Waals surface area contributed by atoms with Gasteiger partial charge in [-0.3, -0.25) is 0 Å². The van der Waals surface area contributed by atoms with Gasteiger partial charge in [0.25, 0.3) is 0 Å². The van der Waals surface area contributed by atoms with Crippen LogP contribution in [-0.2, 0) is 29.9 Å². The zero-order valence-electron chi connectivity index (χ0n) is 19.4. The Morgan fingerprint density at radius 2 is 1.56 bits per heavy atom. The summed E-state index contributed by atoms with van der Waals surface area (Å²) in [4.78, 5) is 1.77. The van der Waals surface area contributed by atoms with E-state index in [2.05, 4.69) is 9.72 Å². The molecule has 2 aliphatic rings. The largest absolute Gasteiger partial charge is 0.573 e. The summed E-state index contributed by atoms with van der Waals surface area (Å²) in [5, 5.41) is -0.638. The minimum Gasteiger partial charge on any atom is -0.406 e. The second-order valence-electron chi connectivity index (χ2n) is 8.92. The van der Waals surface area contributed by atoms with E-state index in [4.69, 9.17) is 0 Å². The molecule has 19 heteroatoms. The topological polar surface area (TPSA) is 140 Å². The van der Waals surface area contributed by atoms with Crippen molar-refractivity contribution in [3.8, 4) is 5.75 Å². The van der Waals surface area contributed by atoms with Crippen molar-refractivity contribution in [3.05, 3.63) is 42.6 Å². The number of sulfonamides is 2. The summed E-state index contributed by atoms with van der Waals surface area (Å²) in [7, 11) is -15.0. The third kappa shape index (κ3) is 5.86. The molecule has 1 aliphatic carbocycles. The van der Waals surface area contributed by atoms with Crippen LogP contribution in [0.25, 0.3) is 0 Å². The van der Waals surface area contributed by atoms with Crippen LogP contribution in [0.15, 0.2) is 57.4 Å². The molecule has 1 aliphatic heterocycles. The van der Waals surface area contributed by atoms with Gasteiger partial charge in [0.1, 0.15) is 10.6 Å². The molecule has 1 atom stereocenters. The molecular formula is C20H19F6N3O7S3. The molecule has 1 aromatic carbocycles. The van der Waals surface area contributed by atoms with Crippen molar-refractivity contribution in [3.63, 3.8) is 0 Å². The normalized spacial score (nSPS) is 20.6. The lowest BCUT2D eigenvalue weighted by molar-refractivity contribution is -0.274. The van der Waals surface area contributed by atoms with Crippen LogP contribution in [0.2, 0.25) is 0 Å². The summed E-state index contributed by atoms with van der Waals surface area (Å²) < 4.78 is 159. The maximum Gasteiger partial charge on any atom is 0.573 e. The van der Waals surface area contributed by atoms with Crippen LogP contribution >= 0.6 is 0 Å². The Balaban J connectivity index is 1.63. The van der Waals surface area contributed by atoms with E-state index in [0.717, 1.165) is 16.6 Å². The molecule has 1 saturated heterocycles. The lowest BCUT2D eigenvalue weighted by Gasteiger charge is -2.32. The Morgan fingerprint density at radius 3 is 2.10 bits per heavy atom. The molecule has 1 unspecified atom stereocenters. The van der Waals surface area contributed by atoms with Gasteiger partial charge in [0, 0.05) is 31.4 Å². The lowest BCUT2D eigenvalue weighted by Crippen LogP contribution is -2.44. The molecule has 0 radical (unpaired) electrons. The van der Waals surface area contributed by atoms with Crippen LogP contribution in [0.1, 0.15) is 19.3 Å². The first-order valence-corrected chi connectivity index (χ1v) is 15.3. The highest BCUT2D eigenvalue weighted by atomic mass is 32.2. The van der Waals surface area contributed by atoms with E-state index in [-0.39, 0.29) is 32.4 Å². The van der Waals surface area contributed by atoms with Gasteiger partial charge in [-0.25, -0.2) is 35.0 Å². The van der Waals surface area contributed by atoms with Gasteiger partial charge in [0.05, 0.1) is 4.90 Å². The number of hydrogen-bond donors (Lipinski definition) is 1. The Kier molecular flexibility index (Phi) is 7.24. The fraction of sp³-hybridized carbons (Fsp3) is 0.450. The van der Waals surface area contributed by atoms with Gasteiger partial charge in [-0.05, 0) is 48.9 Å². The molecule has 10 nitrogen and oxygen atoms in total. The predicted molar refractivity (Wildman–Crippen MR) is 120 cm³/mol. The number of benzene rings is 1. The van der Waals surface area contributed by atoms with E-state index < -0.39 is 73.8 Å². The van der Waals surface area contributed by atoms with Gasteiger partial charge in [-0.1, -0.05) is 6.07 Å². The lowest BCUT2D eigenvalue weighted by atomic mass is 9.94. The highest BCUT2D eigenvalue weighted by molar-refractivity contribution is 7.93. The predicted octanol–water partition coefficient (Wildman–Crippen LogP) is 2.80. The van der Waals surface area contributed by atoms with Crippen molar-refractivity contribution in [1.29, 1.82) is 0 Å². The maximum atomic E-state index is 13.5. The van der Waals surface area contributed by atoms with Crippen molar-refractivity contribution in [2.24, 2.45) is 5.41 Å². The van der Waals surface area contributed by atoms with Crippen LogP contribution in [-0.4, -0.2) is 65.5 Å². The van der Waals surface area contributed by atoms with Gasteiger partial charge in [-0.2, -0.15) is 17.5 Å². The van der Waals surface area contributed by atoms with E-state index in [1.807, 2.05) is 0 Å². The van der Waals surface area contributed by atoms with Crippen molar-refractivity contribution < 1.29 is 56.3 Å². The van der Waals surface area contributed by atoms with Crippen LogP contribution in [0.4, 0.5) is 26.3 Å². The fourth-order valence-electron chi connectivity index (χ4n) is 4.36. The second kappa shape index (κ2) is 9.57. The number of aromatic nitrogens is 1. The first-order valence-electron chi connectivity index (χ1n) is 10.9. The molecule has 2 heterocycles. The van der Waals surface area contributed by atoms with Gasteiger partial charge in [0.2, 0.25) is 19.9 Å². The third-order valence-electron chi connectivity index (χ3n) is 6.48. The molecule has 1 N–H and O–H groups in total. The molecule has 216 valence electrons. The van der Waals surface area contributed by atoms with Gasteiger partial charge in [0.15, 0.2) is 5.03 Å². The standard InChI is InChI=1S/C20H19F6N3O7S3/c21-19(22,23)36-13-4-5-14(15(11-13)37(30,31)17-3-1-2-8-27-17)38(32,33)29-9-6-18(7-10-29)12-16(18)28-39(34,35)20(24,25)26/h1-5,8,11,16,28H,6-7,9-10,12H2. The van der Waals surface area contributed by atoms with Crippen molar-refractivity contribution >= 4 is 29.9 Å². The van der Waals surface area contributed by atoms with E-state index in [9.17, 15) is 51.6 Å². The second-order valence-corrected chi connectivity index (χ2v) is 14.4. The van der Waals surface area contributed by atoms with Crippen LogP contribution in [0.3, 0.4) is 0 Å². The van der Waals surface area contributed by atoms with E-state index in [1.165, 1.54) is 12.1 Å². The van der Waals surface area contributed by atoms with Crippen LogP contribution in [0.5, 0.6) is 5.75 Å². The van der Waals surface area contributed by atoms with E-state index >= 15 is 0 Å². The smallest absolute Gasteiger partial charge is 0.406 e. The van der Waals surface area contributed by atoms with Crippen molar-refractivity contribution in [1.82, 2.24) is 14.0 Å². The molecular weight excluding hydrogens is 604 g/mol. The number of nitrogens with zero attached hydrogens (tertiary/aromatic N) is 2. The van der Waals surface area contributed by atoms with Gasteiger partial charge in [-0.15, -0.1) is 13.2 Å². The van der Waals surface area contributed by atoms with Crippen molar-refractivity contribution in [2.75, 3.05) is 13.1 Å². The number of hydrogen-bond acceptors (Lipinski definition) is 8. The summed E-state index contributed by atoms with van der Waals surface area (Å²) in [5.41, 5.74) is -6.43. The SMILES string of the molecule is O=S(=O)(c1ccccn1)c1cc(OC(F)(F)F)ccc1S(=O)(=O)N1CCC2(CC1)CC2NS(=O)(=O)C(F)(F)F. The number of ether oxygens (including phenoxy) is 1. The number of alkyl halides is 6. The summed E-state index contributed by atoms with van der Waals surface area (Å²) >= 11 is 0. The zero-order valence-corrected chi connectivity index (χ0v) is 21.8. The molecule has 0 bridgehead atoms. The Hall–Kier alpha value is -2.48. The maximum absolute atomic E-state index is 13.5. The van der Waals surface area contributed by atoms with E-state index in [0.29, 0.717) is 18.2 Å². The molecule has 1 aromatic heterocycles. The quantitative estimate of drug-likeness (QED) is 0.465. The first kappa shape index (κ1) is 29.5. The molecule has 39 heavy (non-hydrogen) atoms. The van der Waals surface area contributed by atoms with Crippen molar-refractivity contribution in [2.45, 2.75) is 52.0 Å². The third-order valence-corrected chi connectivity index (χ3v) is 11.5. The fourth-order valence-corrected chi connectivity index (χ4v) is 8.63. The monoisotopic (exact) mass is 623 g/mol. The average molecular weight is 624 g/mol. The Bertz CT molecular complexity index is 1570. The summed E-state index contributed by atoms with van der Waals surface area (Å²) in [6.07, 6.45) is -4.18. The number of nitrogens with one attached hydrogen (secondary N) is 1. The van der Waals surface area contributed by atoms with Gasteiger partial charge < -0.3 is 4.74 Å². The molecule has 2 aromatic rings. The number of sulfone groups is 1. The molecule has 4 rings (SSSR count). The van der Waals surface area contributed by atoms with Crippen LogP contribution < -0.4 is 9.46 Å². The molecule has 2 fully saturated rings. The average Bonchev–Trinajstić information content (AvgIpc) is 3.47. The Labute approximate surface area is 219 Å². The molecule has 1 spiro atoms. The summed E-state index contributed by atoms with van der Waals surface area (Å²) in [6.45, 7) is -0.618. The highest BCUT2D eigenvalue weighted by Gasteiger charge is 2.60. The van der Waals surface area contributed by atoms with E-state index in [1.54, 1.807) is 4.72 Å². The molecule has 0 amide bonds. The minimum atomic E-state index is -5.61. The number of halogens is 6. The number of pyridine rings is 1. The summed E-state index contributed by atoms with van der Waals surface area (Å²) in [6, 6.07) is 4.28. The highest BCUT2D eigenvalue weighted by Crippen LogP contribution is 2.55. The first-order chi connectivity index (χ1) is 17.8. The number of piperidine rings is 1.